The fraction of sp³-hybridized carbons (Fsp3) is 0.500. The van der Waals surface area contributed by atoms with E-state index >= 15 is 0 Å². The van der Waals surface area contributed by atoms with Gasteiger partial charge in [-0.1, -0.05) is 13.3 Å². The molecule has 0 aliphatic rings. The second-order valence-corrected chi connectivity index (χ2v) is 3.97. The van der Waals surface area contributed by atoms with Crippen molar-refractivity contribution in [3.63, 3.8) is 0 Å². The first-order valence-electron chi connectivity index (χ1n) is 5.48. The van der Waals surface area contributed by atoms with Gasteiger partial charge >= 0.3 is 6.18 Å². The first kappa shape index (κ1) is 13.7. The summed E-state index contributed by atoms with van der Waals surface area (Å²) in [6.45, 7) is 3.87. The fourth-order valence-corrected chi connectivity index (χ4v) is 1.51. The van der Waals surface area contributed by atoms with Crippen molar-refractivity contribution >= 4 is 5.69 Å². The van der Waals surface area contributed by atoms with E-state index < -0.39 is 11.7 Å². The molecule has 0 saturated heterocycles. The Kier molecular flexibility index (Phi) is 4.26. The average Bonchev–Trinajstić information content (AvgIpc) is 2.20. The van der Waals surface area contributed by atoms with Crippen molar-refractivity contribution in [2.45, 2.75) is 39.0 Å². The van der Waals surface area contributed by atoms with Crippen LogP contribution in [0.1, 0.15) is 32.3 Å². The molecule has 1 aromatic rings. The molecule has 0 amide bonds. The number of anilines is 1. The molecule has 0 saturated carbocycles. The second-order valence-electron chi connectivity index (χ2n) is 3.97. The summed E-state index contributed by atoms with van der Waals surface area (Å²) < 4.78 is 42.6. The number of benzene rings is 1. The maximum atomic E-state index is 12.4. The van der Waals surface area contributed by atoms with E-state index in [4.69, 9.17) is 10.5 Å². The van der Waals surface area contributed by atoms with Gasteiger partial charge in [0.15, 0.2) is 0 Å². The smallest absolute Gasteiger partial charge is 0.416 e. The van der Waals surface area contributed by atoms with Crippen LogP contribution in [-0.4, -0.2) is 6.10 Å². The van der Waals surface area contributed by atoms with Crippen molar-refractivity contribution in [1.82, 2.24) is 0 Å². The highest BCUT2D eigenvalue weighted by molar-refractivity contribution is 5.54. The van der Waals surface area contributed by atoms with Crippen molar-refractivity contribution in [3.8, 4) is 5.75 Å². The van der Waals surface area contributed by atoms with Gasteiger partial charge in [0.1, 0.15) is 5.75 Å². The van der Waals surface area contributed by atoms with Crippen LogP contribution >= 0.6 is 0 Å². The number of alkyl halides is 3. The van der Waals surface area contributed by atoms with Crippen LogP contribution < -0.4 is 10.5 Å². The number of hydrogen-bond donors (Lipinski definition) is 1. The molecule has 1 rings (SSSR count). The first-order valence-corrected chi connectivity index (χ1v) is 5.48. The zero-order valence-corrected chi connectivity index (χ0v) is 9.84. The number of halogens is 3. The maximum absolute atomic E-state index is 12.4. The van der Waals surface area contributed by atoms with Gasteiger partial charge in [0.2, 0.25) is 0 Å². The standard InChI is InChI=1S/C12H16F3NO/c1-3-4-8(2)17-11-6-5-9(7-10(11)16)12(13,14)15/h5-8H,3-4,16H2,1-2H3. The zero-order chi connectivity index (χ0) is 13.1. The summed E-state index contributed by atoms with van der Waals surface area (Å²) in [5.74, 6) is 0.305. The minimum Gasteiger partial charge on any atom is -0.489 e. The van der Waals surface area contributed by atoms with E-state index in [2.05, 4.69) is 0 Å². The summed E-state index contributed by atoms with van der Waals surface area (Å²) in [7, 11) is 0. The summed E-state index contributed by atoms with van der Waals surface area (Å²) in [6.07, 6.45) is -2.65. The number of hydrogen-bond acceptors (Lipinski definition) is 2. The van der Waals surface area contributed by atoms with E-state index in [0.717, 1.165) is 25.0 Å². The fourth-order valence-electron chi connectivity index (χ4n) is 1.51. The Morgan fingerprint density at radius 3 is 2.47 bits per heavy atom. The number of rotatable bonds is 4. The van der Waals surface area contributed by atoms with E-state index in [-0.39, 0.29) is 11.8 Å². The lowest BCUT2D eigenvalue weighted by Crippen LogP contribution is -2.13. The summed E-state index contributed by atoms with van der Waals surface area (Å²) >= 11 is 0. The minimum absolute atomic E-state index is 0.0165. The summed E-state index contributed by atoms with van der Waals surface area (Å²) in [5, 5.41) is 0. The number of ether oxygens (including phenoxy) is 1. The molecule has 17 heavy (non-hydrogen) atoms. The molecule has 0 aliphatic carbocycles. The highest BCUT2D eigenvalue weighted by Crippen LogP contribution is 2.34. The Hall–Kier alpha value is -1.39. The predicted octanol–water partition coefficient (Wildman–Crippen LogP) is 3.86. The molecular weight excluding hydrogens is 231 g/mol. The average molecular weight is 247 g/mol. The van der Waals surface area contributed by atoms with Crippen LogP contribution in [0.25, 0.3) is 0 Å². The highest BCUT2D eigenvalue weighted by Gasteiger charge is 2.31. The number of nitrogens with two attached hydrogens (primary N) is 1. The Morgan fingerprint density at radius 1 is 1.35 bits per heavy atom. The molecule has 0 heterocycles. The third kappa shape index (κ3) is 3.84. The van der Waals surface area contributed by atoms with Gasteiger partial charge in [-0.25, -0.2) is 0 Å². The third-order valence-electron chi connectivity index (χ3n) is 2.36. The van der Waals surface area contributed by atoms with Gasteiger partial charge in [-0.2, -0.15) is 13.2 Å². The van der Waals surface area contributed by atoms with Crippen LogP contribution in [0.5, 0.6) is 5.75 Å². The summed E-state index contributed by atoms with van der Waals surface area (Å²) in [4.78, 5) is 0. The zero-order valence-electron chi connectivity index (χ0n) is 9.84. The summed E-state index contributed by atoms with van der Waals surface area (Å²) in [5.41, 5.74) is 4.80. The molecule has 1 unspecified atom stereocenters. The largest absolute Gasteiger partial charge is 0.489 e. The van der Waals surface area contributed by atoms with Crippen LogP contribution in [-0.2, 0) is 6.18 Å². The van der Waals surface area contributed by atoms with E-state index in [1.165, 1.54) is 6.07 Å². The Bertz CT molecular complexity index is 377. The van der Waals surface area contributed by atoms with Gasteiger partial charge < -0.3 is 10.5 Å². The van der Waals surface area contributed by atoms with E-state index in [1.807, 2.05) is 13.8 Å². The lowest BCUT2D eigenvalue weighted by molar-refractivity contribution is -0.137. The molecule has 0 spiro atoms. The van der Waals surface area contributed by atoms with E-state index in [0.29, 0.717) is 5.75 Å². The Labute approximate surface area is 98.6 Å². The quantitative estimate of drug-likeness (QED) is 0.820. The van der Waals surface area contributed by atoms with Gasteiger partial charge in [-0.15, -0.1) is 0 Å². The molecule has 2 nitrogen and oxygen atoms in total. The highest BCUT2D eigenvalue weighted by atomic mass is 19.4. The first-order chi connectivity index (χ1) is 7.84. The van der Waals surface area contributed by atoms with Gasteiger partial charge in [0.05, 0.1) is 17.4 Å². The molecule has 0 radical (unpaired) electrons. The Morgan fingerprint density at radius 2 is 2.00 bits per heavy atom. The van der Waals surface area contributed by atoms with Crippen LogP contribution in [0.4, 0.5) is 18.9 Å². The van der Waals surface area contributed by atoms with Gasteiger partial charge in [0.25, 0.3) is 0 Å². The second kappa shape index (κ2) is 5.29. The monoisotopic (exact) mass is 247 g/mol. The van der Waals surface area contributed by atoms with Crippen molar-refractivity contribution < 1.29 is 17.9 Å². The topological polar surface area (TPSA) is 35.2 Å². The van der Waals surface area contributed by atoms with Crippen LogP contribution in [0.15, 0.2) is 18.2 Å². The molecule has 0 bridgehead atoms. The molecule has 1 aromatic carbocycles. The van der Waals surface area contributed by atoms with Gasteiger partial charge in [-0.05, 0) is 31.5 Å². The van der Waals surface area contributed by atoms with Crippen LogP contribution in [0.3, 0.4) is 0 Å². The van der Waals surface area contributed by atoms with E-state index in [1.54, 1.807) is 0 Å². The third-order valence-corrected chi connectivity index (χ3v) is 2.36. The Balaban J connectivity index is 2.83. The summed E-state index contributed by atoms with van der Waals surface area (Å²) in [6, 6.07) is 3.14. The molecule has 1 atom stereocenters. The molecule has 2 N–H and O–H groups in total. The lowest BCUT2D eigenvalue weighted by atomic mass is 10.1. The lowest BCUT2D eigenvalue weighted by Gasteiger charge is -2.16. The molecule has 5 heteroatoms. The predicted molar refractivity (Wildman–Crippen MR) is 60.9 cm³/mol. The molecule has 0 aliphatic heterocycles. The molecule has 96 valence electrons. The maximum Gasteiger partial charge on any atom is 0.416 e. The molecule has 0 fully saturated rings. The van der Waals surface area contributed by atoms with Crippen molar-refractivity contribution in [3.05, 3.63) is 23.8 Å². The molecule has 0 aromatic heterocycles. The SMILES string of the molecule is CCCC(C)Oc1ccc(C(F)(F)F)cc1N. The number of nitrogen functional groups attached to an aromatic ring is 1. The normalized spacial score (nSPS) is 13.5. The van der Waals surface area contributed by atoms with Gasteiger partial charge in [0, 0.05) is 0 Å². The van der Waals surface area contributed by atoms with Gasteiger partial charge in [-0.3, -0.25) is 0 Å². The van der Waals surface area contributed by atoms with E-state index in [9.17, 15) is 13.2 Å². The van der Waals surface area contributed by atoms with Crippen molar-refractivity contribution in [2.75, 3.05) is 5.73 Å². The van der Waals surface area contributed by atoms with Crippen LogP contribution in [0.2, 0.25) is 0 Å². The van der Waals surface area contributed by atoms with Crippen molar-refractivity contribution in [2.24, 2.45) is 0 Å². The minimum atomic E-state index is -4.37. The van der Waals surface area contributed by atoms with Crippen molar-refractivity contribution in [1.29, 1.82) is 0 Å². The molecular formula is C12H16F3NO. The van der Waals surface area contributed by atoms with Crippen LogP contribution in [0, 0.1) is 0 Å².